The lowest BCUT2D eigenvalue weighted by Crippen LogP contribution is -2.37. The van der Waals surface area contributed by atoms with Gasteiger partial charge in [-0.1, -0.05) is 12.2 Å². The first-order valence-corrected chi connectivity index (χ1v) is 3.50. The van der Waals surface area contributed by atoms with Crippen molar-refractivity contribution in [2.75, 3.05) is 26.2 Å². The molecule has 1 rings (SSSR count). The molecule has 0 aromatic rings. The van der Waals surface area contributed by atoms with Crippen LogP contribution in [0.4, 0.5) is 8.78 Å². The summed E-state index contributed by atoms with van der Waals surface area (Å²) >= 11 is 0. The van der Waals surface area contributed by atoms with Gasteiger partial charge in [-0.25, -0.2) is 8.78 Å². The van der Waals surface area contributed by atoms with Crippen LogP contribution in [0, 0.1) is 0 Å². The summed E-state index contributed by atoms with van der Waals surface area (Å²) in [6.45, 7) is -0.287. The van der Waals surface area contributed by atoms with Crippen molar-refractivity contribution in [3.63, 3.8) is 0 Å². The fourth-order valence-corrected chi connectivity index (χ4v) is 1.03. The van der Waals surface area contributed by atoms with Crippen LogP contribution in [0.3, 0.4) is 0 Å². The highest BCUT2D eigenvalue weighted by atomic mass is 19.3. The summed E-state index contributed by atoms with van der Waals surface area (Å²) in [6, 6.07) is 0. The number of aliphatic hydroxyl groups is 1. The van der Waals surface area contributed by atoms with Crippen LogP contribution in [0.15, 0.2) is 12.2 Å². The molecule has 64 valence electrons. The van der Waals surface area contributed by atoms with Gasteiger partial charge in [-0.2, -0.15) is 0 Å². The molecule has 1 N–H and O–H groups in total. The number of nitrogens with zero attached hydrogens (tertiary/aromatic N) is 1. The monoisotopic (exact) mass is 163 g/mol. The normalized spacial score (nSPS) is 19.5. The molecule has 0 bridgehead atoms. The van der Waals surface area contributed by atoms with Gasteiger partial charge in [0.15, 0.2) is 0 Å². The topological polar surface area (TPSA) is 23.5 Å². The maximum atomic E-state index is 12.5. The smallest absolute Gasteiger partial charge is 0.283 e. The fraction of sp³-hybridized carbons (Fsp3) is 0.714. The Balaban J connectivity index is 2.30. The predicted molar refractivity (Wildman–Crippen MR) is 37.6 cm³/mol. The third-order valence-corrected chi connectivity index (χ3v) is 1.58. The molecule has 0 spiro atoms. The van der Waals surface area contributed by atoms with Crippen LogP contribution >= 0.6 is 0 Å². The predicted octanol–water partition coefficient (Wildman–Crippen LogP) is 0.486. The summed E-state index contributed by atoms with van der Waals surface area (Å²) in [5.41, 5.74) is 0. The molecular weight excluding hydrogens is 152 g/mol. The summed E-state index contributed by atoms with van der Waals surface area (Å²) in [6.07, 6.45) is 3.68. The molecule has 0 aromatic carbocycles. The Morgan fingerprint density at radius 1 is 1.36 bits per heavy atom. The summed E-state index contributed by atoms with van der Waals surface area (Å²) in [4.78, 5) is 1.58. The zero-order valence-electron chi connectivity index (χ0n) is 6.13. The van der Waals surface area contributed by atoms with E-state index in [0.29, 0.717) is 13.1 Å². The number of rotatable bonds is 3. The van der Waals surface area contributed by atoms with Gasteiger partial charge in [0.25, 0.3) is 5.92 Å². The molecule has 1 aliphatic rings. The van der Waals surface area contributed by atoms with E-state index in [1.807, 2.05) is 12.2 Å². The average molecular weight is 163 g/mol. The molecule has 11 heavy (non-hydrogen) atoms. The van der Waals surface area contributed by atoms with Gasteiger partial charge in [0.1, 0.15) is 6.61 Å². The molecule has 0 saturated heterocycles. The van der Waals surface area contributed by atoms with Gasteiger partial charge in [-0.3, -0.25) is 4.90 Å². The molecule has 0 amide bonds. The van der Waals surface area contributed by atoms with E-state index in [4.69, 9.17) is 5.11 Å². The van der Waals surface area contributed by atoms with Gasteiger partial charge in [0, 0.05) is 13.1 Å². The van der Waals surface area contributed by atoms with Crippen LogP contribution in [-0.4, -0.2) is 42.2 Å². The van der Waals surface area contributed by atoms with Crippen molar-refractivity contribution in [1.82, 2.24) is 4.90 Å². The number of aliphatic hydroxyl groups excluding tert-OH is 1. The number of hydrogen-bond donors (Lipinski definition) is 1. The van der Waals surface area contributed by atoms with E-state index in [0.717, 1.165) is 0 Å². The molecule has 0 aromatic heterocycles. The molecule has 0 saturated carbocycles. The molecule has 2 nitrogen and oxygen atoms in total. The molecule has 0 fully saturated rings. The zero-order valence-corrected chi connectivity index (χ0v) is 6.13. The summed E-state index contributed by atoms with van der Waals surface area (Å²) in [5.74, 6) is -2.95. The third kappa shape index (κ3) is 2.55. The zero-order chi connectivity index (χ0) is 8.32. The van der Waals surface area contributed by atoms with Crippen molar-refractivity contribution >= 4 is 0 Å². The summed E-state index contributed by atoms with van der Waals surface area (Å²) in [5, 5.41) is 8.26. The largest absolute Gasteiger partial charge is 0.390 e. The Morgan fingerprint density at radius 3 is 2.36 bits per heavy atom. The molecule has 0 aliphatic carbocycles. The minimum atomic E-state index is -2.95. The second-order valence-electron chi connectivity index (χ2n) is 2.68. The van der Waals surface area contributed by atoms with Crippen LogP contribution < -0.4 is 0 Å². The van der Waals surface area contributed by atoms with Crippen molar-refractivity contribution < 1.29 is 13.9 Å². The standard InChI is InChI=1S/C7H11F2NO/c8-7(9,6-11)5-10-3-1-2-4-10/h1-2,11H,3-6H2. The molecule has 1 heterocycles. The Bertz CT molecular complexity index is 151. The number of hydrogen-bond acceptors (Lipinski definition) is 2. The minimum absolute atomic E-state index is 0.351. The van der Waals surface area contributed by atoms with Crippen LogP contribution in [0.2, 0.25) is 0 Å². The molecule has 0 radical (unpaired) electrons. The van der Waals surface area contributed by atoms with Gasteiger partial charge >= 0.3 is 0 Å². The van der Waals surface area contributed by atoms with E-state index in [9.17, 15) is 8.78 Å². The average Bonchev–Trinajstić information content (AvgIpc) is 2.39. The quantitative estimate of drug-likeness (QED) is 0.612. The third-order valence-electron chi connectivity index (χ3n) is 1.58. The molecular formula is C7H11F2NO. The van der Waals surface area contributed by atoms with E-state index in [1.54, 1.807) is 4.90 Å². The van der Waals surface area contributed by atoms with Crippen molar-refractivity contribution in [1.29, 1.82) is 0 Å². The first-order chi connectivity index (χ1) is 5.14. The highest BCUT2D eigenvalue weighted by Crippen LogP contribution is 2.15. The van der Waals surface area contributed by atoms with Crippen molar-refractivity contribution in [3.05, 3.63) is 12.2 Å². The molecule has 4 heteroatoms. The number of alkyl halides is 2. The van der Waals surface area contributed by atoms with Gasteiger partial charge in [0.05, 0.1) is 6.54 Å². The highest BCUT2D eigenvalue weighted by Gasteiger charge is 2.30. The Kier molecular flexibility index (Phi) is 2.57. The van der Waals surface area contributed by atoms with Crippen LogP contribution in [0.25, 0.3) is 0 Å². The summed E-state index contributed by atoms with van der Waals surface area (Å²) < 4.78 is 25.0. The second kappa shape index (κ2) is 3.28. The first-order valence-electron chi connectivity index (χ1n) is 3.50. The van der Waals surface area contributed by atoms with E-state index in [2.05, 4.69) is 0 Å². The Labute approximate surface area is 64.1 Å². The minimum Gasteiger partial charge on any atom is -0.390 e. The van der Waals surface area contributed by atoms with Crippen LogP contribution in [0.1, 0.15) is 0 Å². The van der Waals surface area contributed by atoms with Gasteiger partial charge in [-0.05, 0) is 0 Å². The fourth-order valence-electron chi connectivity index (χ4n) is 1.03. The lowest BCUT2D eigenvalue weighted by molar-refractivity contribution is -0.0684. The van der Waals surface area contributed by atoms with E-state index < -0.39 is 12.5 Å². The molecule has 1 aliphatic heterocycles. The van der Waals surface area contributed by atoms with Crippen LogP contribution in [0.5, 0.6) is 0 Å². The van der Waals surface area contributed by atoms with Gasteiger partial charge in [0.2, 0.25) is 0 Å². The highest BCUT2D eigenvalue weighted by molar-refractivity contribution is 4.96. The lowest BCUT2D eigenvalue weighted by atomic mass is 10.3. The van der Waals surface area contributed by atoms with Crippen molar-refractivity contribution in [3.8, 4) is 0 Å². The maximum Gasteiger partial charge on any atom is 0.283 e. The SMILES string of the molecule is OCC(F)(F)CN1CC=CC1. The first kappa shape index (κ1) is 8.62. The Morgan fingerprint density at radius 2 is 1.91 bits per heavy atom. The second-order valence-corrected chi connectivity index (χ2v) is 2.68. The van der Waals surface area contributed by atoms with E-state index in [-0.39, 0.29) is 6.54 Å². The van der Waals surface area contributed by atoms with E-state index >= 15 is 0 Å². The van der Waals surface area contributed by atoms with Gasteiger partial charge in [-0.15, -0.1) is 0 Å². The molecule has 0 atom stereocenters. The van der Waals surface area contributed by atoms with E-state index in [1.165, 1.54) is 0 Å². The van der Waals surface area contributed by atoms with Gasteiger partial charge < -0.3 is 5.11 Å². The van der Waals surface area contributed by atoms with Crippen molar-refractivity contribution in [2.24, 2.45) is 0 Å². The lowest BCUT2D eigenvalue weighted by Gasteiger charge is -2.20. The summed E-state index contributed by atoms with van der Waals surface area (Å²) in [7, 11) is 0. The Hall–Kier alpha value is -0.480. The van der Waals surface area contributed by atoms with Crippen molar-refractivity contribution in [2.45, 2.75) is 5.92 Å². The number of halogens is 2. The van der Waals surface area contributed by atoms with Crippen LogP contribution in [-0.2, 0) is 0 Å². The molecule has 0 unspecified atom stereocenters. The maximum absolute atomic E-state index is 12.5.